The summed E-state index contributed by atoms with van der Waals surface area (Å²) in [4.78, 5) is 22.8. The van der Waals surface area contributed by atoms with Crippen molar-refractivity contribution in [1.29, 1.82) is 0 Å². The van der Waals surface area contributed by atoms with Gasteiger partial charge in [0.1, 0.15) is 0 Å². The fourth-order valence-electron chi connectivity index (χ4n) is 6.72. The normalized spacial score (nSPS) is 16.9. The number of aryl methyl sites for hydroxylation is 1. The van der Waals surface area contributed by atoms with E-state index in [1.54, 1.807) is 6.08 Å². The van der Waals surface area contributed by atoms with Gasteiger partial charge in [-0.1, -0.05) is 55.3 Å². The molecule has 1 aromatic heterocycles. The second-order valence-corrected chi connectivity index (χ2v) is 12.3. The Balaban J connectivity index is 1.18. The Bertz CT molecular complexity index is 1640. The van der Waals surface area contributed by atoms with Gasteiger partial charge in [0.2, 0.25) is 5.91 Å². The van der Waals surface area contributed by atoms with Crippen molar-refractivity contribution in [3.8, 4) is 0 Å². The van der Waals surface area contributed by atoms with Crippen LogP contribution in [0.1, 0.15) is 60.9 Å². The summed E-state index contributed by atoms with van der Waals surface area (Å²) in [5, 5.41) is 4.58. The maximum Gasteiger partial charge on any atom is 0.416 e. The van der Waals surface area contributed by atoms with Crippen molar-refractivity contribution >= 4 is 34.3 Å². The van der Waals surface area contributed by atoms with Gasteiger partial charge in [-0.2, -0.15) is 13.2 Å². The van der Waals surface area contributed by atoms with Crippen LogP contribution >= 0.6 is 0 Å². The van der Waals surface area contributed by atoms with E-state index in [2.05, 4.69) is 21.3 Å². The van der Waals surface area contributed by atoms with E-state index in [-0.39, 0.29) is 11.9 Å². The van der Waals surface area contributed by atoms with Crippen LogP contribution in [0.3, 0.4) is 0 Å². The predicted molar refractivity (Wildman–Crippen MR) is 174 cm³/mol. The largest absolute Gasteiger partial charge is 0.416 e. The lowest BCUT2D eigenvalue weighted by atomic mass is 9.99. The lowest BCUT2D eigenvalue weighted by molar-refractivity contribution is -0.137. The maximum absolute atomic E-state index is 13.7. The summed E-state index contributed by atoms with van der Waals surface area (Å²) >= 11 is 0. The van der Waals surface area contributed by atoms with Gasteiger partial charge in [-0.25, -0.2) is 0 Å². The number of anilines is 2. The number of fused-ring (bicyclic) bond motifs is 1. The zero-order chi connectivity index (χ0) is 31.4. The van der Waals surface area contributed by atoms with E-state index in [1.165, 1.54) is 43.9 Å². The number of hydrogen-bond acceptors (Lipinski definition) is 4. The summed E-state index contributed by atoms with van der Waals surface area (Å²) in [6.45, 7) is 4.40. The van der Waals surface area contributed by atoms with Crippen LogP contribution in [-0.2, 0) is 17.5 Å². The molecule has 45 heavy (non-hydrogen) atoms. The molecular weight excluding hydrogens is 573 g/mol. The van der Waals surface area contributed by atoms with Gasteiger partial charge in [-0.3, -0.25) is 9.78 Å². The highest BCUT2D eigenvalue weighted by atomic mass is 19.4. The van der Waals surface area contributed by atoms with E-state index in [9.17, 15) is 18.0 Å². The van der Waals surface area contributed by atoms with Gasteiger partial charge in [0.25, 0.3) is 0 Å². The zero-order valence-electron chi connectivity index (χ0n) is 25.6. The second kappa shape index (κ2) is 13.4. The van der Waals surface area contributed by atoms with Crippen LogP contribution in [0.2, 0.25) is 0 Å². The molecule has 0 atom stereocenters. The van der Waals surface area contributed by atoms with Crippen LogP contribution in [0.15, 0.2) is 84.9 Å². The Hall–Kier alpha value is -4.17. The minimum Gasteiger partial charge on any atom is -0.355 e. The standard InChI is InChI=1S/C37H39F3N4O/c1-26-24-35(33-8-4-5-9-34(33)41-26)42-30-17-12-28(13-18-30)25-44(32-20-22-43(23-21-32)31-6-2-3-7-31)36(45)19-14-27-10-15-29(16-11-27)37(38,39)40/h4-5,8-19,24,31-32H,2-3,6-7,20-23,25H2,1H3,(H,41,42). The quantitative estimate of drug-likeness (QED) is 0.202. The first-order valence-corrected chi connectivity index (χ1v) is 15.9. The molecule has 234 valence electrons. The topological polar surface area (TPSA) is 48.5 Å². The van der Waals surface area contributed by atoms with Crippen LogP contribution in [0.25, 0.3) is 17.0 Å². The Morgan fingerprint density at radius 3 is 2.33 bits per heavy atom. The average Bonchev–Trinajstić information content (AvgIpc) is 3.58. The number of pyridine rings is 1. The number of amides is 1. The summed E-state index contributed by atoms with van der Waals surface area (Å²) < 4.78 is 39.0. The SMILES string of the molecule is Cc1cc(Nc2ccc(CN(C(=O)C=Cc3ccc(C(F)(F)F)cc3)C3CCN(C4CCCC4)CC3)cc2)c2ccccc2n1. The molecule has 1 aliphatic carbocycles. The number of aromatic nitrogens is 1. The molecule has 0 spiro atoms. The summed E-state index contributed by atoms with van der Waals surface area (Å²) in [5.74, 6) is -0.129. The molecule has 0 unspecified atom stereocenters. The van der Waals surface area contributed by atoms with E-state index >= 15 is 0 Å². The molecule has 2 heterocycles. The van der Waals surface area contributed by atoms with Gasteiger partial charge in [-0.05, 0) is 86.2 Å². The number of hydrogen-bond donors (Lipinski definition) is 1. The number of likely N-dealkylation sites (tertiary alicyclic amines) is 1. The lowest BCUT2D eigenvalue weighted by Crippen LogP contribution is -2.48. The number of alkyl halides is 3. The number of nitrogens with one attached hydrogen (secondary N) is 1. The Morgan fingerprint density at radius 1 is 0.956 bits per heavy atom. The van der Waals surface area contributed by atoms with Crippen molar-refractivity contribution in [2.45, 2.75) is 70.3 Å². The third-order valence-electron chi connectivity index (χ3n) is 9.15. The minimum absolute atomic E-state index is 0.0939. The van der Waals surface area contributed by atoms with Crippen molar-refractivity contribution < 1.29 is 18.0 Å². The molecule has 5 nitrogen and oxygen atoms in total. The number of halogens is 3. The molecule has 1 saturated carbocycles. The molecular formula is C37H39F3N4O. The first kappa shape index (κ1) is 30.8. The molecule has 0 bridgehead atoms. The highest BCUT2D eigenvalue weighted by Gasteiger charge is 2.32. The van der Waals surface area contributed by atoms with Crippen LogP contribution in [-0.4, -0.2) is 45.9 Å². The number of carbonyl (C=O) groups is 1. The Labute approximate surface area is 262 Å². The van der Waals surface area contributed by atoms with E-state index in [0.717, 1.165) is 71.6 Å². The zero-order valence-corrected chi connectivity index (χ0v) is 25.6. The minimum atomic E-state index is -4.39. The molecule has 1 N–H and O–H groups in total. The third-order valence-corrected chi connectivity index (χ3v) is 9.15. The fraction of sp³-hybridized carbons (Fsp3) is 0.351. The highest BCUT2D eigenvalue weighted by Crippen LogP contribution is 2.31. The second-order valence-electron chi connectivity index (χ2n) is 12.3. The predicted octanol–water partition coefficient (Wildman–Crippen LogP) is 8.75. The van der Waals surface area contributed by atoms with E-state index < -0.39 is 11.7 Å². The van der Waals surface area contributed by atoms with E-state index in [1.807, 2.05) is 60.4 Å². The summed E-state index contributed by atoms with van der Waals surface area (Å²) in [7, 11) is 0. The smallest absolute Gasteiger partial charge is 0.355 e. The molecule has 2 fully saturated rings. The molecule has 8 heteroatoms. The van der Waals surface area contributed by atoms with Gasteiger partial charge in [0, 0.05) is 60.2 Å². The summed E-state index contributed by atoms with van der Waals surface area (Å²) in [6, 6.07) is 23.9. The van der Waals surface area contributed by atoms with E-state index in [4.69, 9.17) is 0 Å². The summed E-state index contributed by atoms with van der Waals surface area (Å²) in [5.41, 5.74) is 4.68. The third kappa shape index (κ3) is 7.56. The molecule has 6 rings (SSSR count). The molecule has 1 aliphatic heterocycles. The fourth-order valence-corrected chi connectivity index (χ4v) is 6.72. The number of rotatable bonds is 8. The van der Waals surface area contributed by atoms with Crippen LogP contribution in [0.5, 0.6) is 0 Å². The summed E-state index contributed by atoms with van der Waals surface area (Å²) in [6.07, 6.45) is 5.65. The van der Waals surface area contributed by atoms with Gasteiger partial charge < -0.3 is 15.1 Å². The van der Waals surface area contributed by atoms with Gasteiger partial charge in [0.05, 0.1) is 11.1 Å². The number of para-hydroxylation sites is 1. The Morgan fingerprint density at radius 2 is 1.64 bits per heavy atom. The first-order chi connectivity index (χ1) is 21.7. The lowest BCUT2D eigenvalue weighted by Gasteiger charge is -2.40. The molecule has 0 radical (unpaired) electrons. The van der Waals surface area contributed by atoms with Crippen LogP contribution in [0, 0.1) is 6.92 Å². The Kier molecular flexibility index (Phi) is 9.21. The first-order valence-electron chi connectivity index (χ1n) is 15.9. The van der Waals surface area contributed by atoms with Gasteiger partial charge in [-0.15, -0.1) is 0 Å². The number of nitrogens with zero attached hydrogens (tertiary/aromatic N) is 3. The van der Waals surface area contributed by atoms with Gasteiger partial charge >= 0.3 is 6.18 Å². The van der Waals surface area contributed by atoms with Crippen molar-refractivity contribution in [1.82, 2.24) is 14.8 Å². The van der Waals surface area contributed by atoms with Crippen molar-refractivity contribution in [2.75, 3.05) is 18.4 Å². The molecule has 3 aromatic carbocycles. The molecule has 4 aromatic rings. The van der Waals surface area contributed by atoms with Crippen LogP contribution in [0.4, 0.5) is 24.5 Å². The molecule has 2 aliphatic rings. The highest BCUT2D eigenvalue weighted by molar-refractivity contribution is 5.93. The average molecular weight is 613 g/mol. The van der Waals surface area contributed by atoms with Crippen molar-refractivity contribution in [3.63, 3.8) is 0 Å². The molecule has 1 saturated heterocycles. The van der Waals surface area contributed by atoms with Crippen molar-refractivity contribution in [2.24, 2.45) is 0 Å². The monoisotopic (exact) mass is 612 g/mol. The number of piperidine rings is 1. The maximum atomic E-state index is 13.7. The molecule has 1 amide bonds. The van der Waals surface area contributed by atoms with Crippen molar-refractivity contribution in [3.05, 3.63) is 107 Å². The van der Waals surface area contributed by atoms with Gasteiger partial charge in [0.15, 0.2) is 0 Å². The number of benzene rings is 3. The number of carbonyl (C=O) groups excluding carboxylic acids is 1. The van der Waals surface area contributed by atoms with Crippen LogP contribution < -0.4 is 5.32 Å². The van der Waals surface area contributed by atoms with E-state index in [0.29, 0.717) is 18.2 Å².